The molecule has 0 radical (unpaired) electrons. The number of hydrogen-bond donors (Lipinski definition) is 1. The van der Waals surface area contributed by atoms with Gasteiger partial charge in [0.05, 0.1) is 0 Å². The summed E-state index contributed by atoms with van der Waals surface area (Å²) in [4.78, 5) is 2.49. The highest BCUT2D eigenvalue weighted by atomic mass is 15.2. The van der Waals surface area contributed by atoms with Gasteiger partial charge >= 0.3 is 0 Å². The zero-order chi connectivity index (χ0) is 12.3. The number of likely N-dealkylation sites (N-methyl/N-ethyl adjacent to an activating group) is 1. The number of nitrogens with zero attached hydrogens (tertiary/aromatic N) is 1. The van der Waals surface area contributed by atoms with Gasteiger partial charge in [-0.2, -0.15) is 0 Å². The van der Waals surface area contributed by atoms with Gasteiger partial charge in [0.25, 0.3) is 0 Å². The molecule has 1 heterocycles. The Morgan fingerprint density at radius 2 is 2.18 bits per heavy atom. The highest BCUT2D eigenvalue weighted by Crippen LogP contribution is 2.16. The summed E-state index contributed by atoms with van der Waals surface area (Å²) >= 11 is 0. The third-order valence-electron chi connectivity index (χ3n) is 3.82. The first-order valence-corrected chi connectivity index (χ1v) is 6.64. The van der Waals surface area contributed by atoms with Crippen LogP contribution < -0.4 is 5.32 Å². The molecule has 0 spiro atoms. The number of rotatable bonds is 3. The van der Waals surface area contributed by atoms with E-state index in [0.717, 1.165) is 13.1 Å². The Hall–Kier alpha value is -0.860. The van der Waals surface area contributed by atoms with Gasteiger partial charge in [0.2, 0.25) is 0 Å². The van der Waals surface area contributed by atoms with E-state index in [1.807, 2.05) is 0 Å². The van der Waals surface area contributed by atoms with Gasteiger partial charge in [-0.25, -0.2) is 0 Å². The van der Waals surface area contributed by atoms with Gasteiger partial charge in [0.1, 0.15) is 0 Å². The molecule has 0 bridgehead atoms. The molecule has 1 fully saturated rings. The minimum Gasteiger partial charge on any atom is -0.315 e. The Morgan fingerprint density at radius 3 is 2.88 bits per heavy atom. The van der Waals surface area contributed by atoms with Crippen LogP contribution in [0.5, 0.6) is 0 Å². The largest absolute Gasteiger partial charge is 0.315 e. The summed E-state index contributed by atoms with van der Waals surface area (Å²) in [5, 5.41) is 3.49. The van der Waals surface area contributed by atoms with E-state index in [0.29, 0.717) is 6.04 Å². The number of hydrogen-bond acceptors (Lipinski definition) is 2. The quantitative estimate of drug-likeness (QED) is 0.861. The van der Waals surface area contributed by atoms with Gasteiger partial charge in [-0.15, -0.1) is 0 Å². The predicted octanol–water partition coefficient (Wildman–Crippen LogP) is 2.49. The number of nitrogens with one attached hydrogen (secondary N) is 1. The van der Waals surface area contributed by atoms with Crippen molar-refractivity contribution in [2.24, 2.45) is 0 Å². The maximum Gasteiger partial charge on any atom is 0.0236 e. The second-order valence-electron chi connectivity index (χ2n) is 5.35. The molecule has 0 saturated carbocycles. The highest BCUT2D eigenvalue weighted by molar-refractivity contribution is 5.30. The van der Waals surface area contributed by atoms with Crippen molar-refractivity contribution in [2.75, 3.05) is 20.1 Å². The molecule has 1 aliphatic heterocycles. The van der Waals surface area contributed by atoms with Crippen molar-refractivity contribution in [3.05, 3.63) is 34.9 Å². The van der Waals surface area contributed by atoms with Gasteiger partial charge in [-0.3, -0.25) is 4.90 Å². The molecular weight excluding hydrogens is 208 g/mol. The predicted molar refractivity (Wildman–Crippen MR) is 73.3 cm³/mol. The van der Waals surface area contributed by atoms with Crippen LogP contribution in [0.25, 0.3) is 0 Å². The zero-order valence-corrected chi connectivity index (χ0v) is 11.3. The minimum atomic E-state index is 0.698. The lowest BCUT2D eigenvalue weighted by Crippen LogP contribution is -2.43. The molecule has 17 heavy (non-hydrogen) atoms. The summed E-state index contributed by atoms with van der Waals surface area (Å²) in [6.07, 6.45) is 2.64. The van der Waals surface area contributed by atoms with Gasteiger partial charge in [0, 0.05) is 19.1 Å². The van der Waals surface area contributed by atoms with Crippen molar-refractivity contribution in [2.45, 2.75) is 39.3 Å². The van der Waals surface area contributed by atoms with Crippen LogP contribution in [0.2, 0.25) is 0 Å². The van der Waals surface area contributed by atoms with Gasteiger partial charge in [-0.1, -0.05) is 23.8 Å². The first-order valence-electron chi connectivity index (χ1n) is 6.64. The maximum atomic E-state index is 3.49. The Bertz CT molecular complexity index is 367. The molecule has 1 aromatic carbocycles. The molecule has 2 nitrogen and oxygen atoms in total. The number of piperidine rings is 1. The van der Waals surface area contributed by atoms with Gasteiger partial charge in [-0.05, 0) is 51.4 Å². The zero-order valence-electron chi connectivity index (χ0n) is 11.3. The van der Waals surface area contributed by atoms with E-state index in [1.54, 1.807) is 0 Å². The molecule has 1 aromatic rings. The number of benzene rings is 1. The SMILES string of the molecule is Cc1ccc(C)c(CN(C)C2CCCNC2)c1. The molecule has 1 atom stereocenters. The Morgan fingerprint density at radius 1 is 1.35 bits per heavy atom. The summed E-state index contributed by atoms with van der Waals surface area (Å²) in [5.74, 6) is 0. The Kier molecular flexibility index (Phi) is 4.19. The molecule has 1 unspecified atom stereocenters. The van der Waals surface area contributed by atoms with Crippen LogP contribution >= 0.6 is 0 Å². The molecule has 0 amide bonds. The minimum absolute atomic E-state index is 0.698. The average Bonchev–Trinajstić information content (AvgIpc) is 2.35. The van der Waals surface area contributed by atoms with E-state index < -0.39 is 0 Å². The lowest BCUT2D eigenvalue weighted by atomic mass is 10.0. The van der Waals surface area contributed by atoms with Crippen LogP contribution in [-0.2, 0) is 6.54 Å². The first kappa shape index (κ1) is 12.6. The van der Waals surface area contributed by atoms with E-state index in [-0.39, 0.29) is 0 Å². The molecule has 1 aliphatic rings. The second kappa shape index (κ2) is 5.65. The van der Waals surface area contributed by atoms with Crippen molar-refractivity contribution in [1.29, 1.82) is 0 Å². The van der Waals surface area contributed by atoms with E-state index in [4.69, 9.17) is 0 Å². The van der Waals surface area contributed by atoms with Crippen LogP contribution in [-0.4, -0.2) is 31.1 Å². The molecule has 1 saturated heterocycles. The fourth-order valence-electron chi connectivity index (χ4n) is 2.58. The van der Waals surface area contributed by atoms with Crippen molar-refractivity contribution in [1.82, 2.24) is 10.2 Å². The topological polar surface area (TPSA) is 15.3 Å². The van der Waals surface area contributed by atoms with E-state index in [9.17, 15) is 0 Å². The highest BCUT2D eigenvalue weighted by Gasteiger charge is 2.17. The third kappa shape index (κ3) is 3.30. The van der Waals surface area contributed by atoms with Crippen LogP contribution in [0.4, 0.5) is 0 Å². The normalized spacial score (nSPS) is 20.8. The summed E-state index contributed by atoms with van der Waals surface area (Å²) < 4.78 is 0. The van der Waals surface area contributed by atoms with Crippen molar-refractivity contribution in [3.8, 4) is 0 Å². The fourth-order valence-corrected chi connectivity index (χ4v) is 2.58. The molecular formula is C15H24N2. The van der Waals surface area contributed by atoms with Crippen molar-refractivity contribution in [3.63, 3.8) is 0 Å². The molecule has 94 valence electrons. The maximum absolute atomic E-state index is 3.49. The molecule has 2 heteroatoms. The fraction of sp³-hybridized carbons (Fsp3) is 0.600. The average molecular weight is 232 g/mol. The Labute approximate surface area is 105 Å². The summed E-state index contributed by atoms with van der Waals surface area (Å²) in [7, 11) is 2.25. The van der Waals surface area contributed by atoms with Crippen LogP contribution in [0.3, 0.4) is 0 Å². The molecule has 0 aliphatic carbocycles. The molecule has 1 N–H and O–H groups in total. The van der Waals surface area contributed by atoms with Gasteiger partial charge < -0.3 is 5.32 Å². The van der Waals surface area contributed by atoms with E-state index in [2.05, 4.69) is 49.3 Å². The summed E-state index contributed by atoms with van der Waals surface area (Å²) in [6.45, 7) is 7.78. The first-order chi connectivity index (χ1) is 8.16. The molecule has 2 rings (SSSR count). The van der Waals surface area contributed by atoms with Crippen LogP contribution in [0, 0.1) is 13.8 Å². The summed E-state index contributed by atoms with van der Waals surface area (Å²) in [5.41, 5.74) is 4.24. The third-order valence-corrected chi connectivity index (χ3v) is 3.82. The summed E-state index contributed by atoms with van der Waals surface area (Å²) in [6, 6.07) is 7.45. The lowest BCUT2D eigenvalue weighted by Gasteiger charge is -2.32. The van der Waals surface area contributed by atoms with Gasteiger partial charge in [0.15, 0.2) is 0 Å². The lowest BCUT2D eigenvalue weighted by molar-refractivity contribution is 0.195. The monoisotopic (exact) mass is 232 g/mol. The van der Waals surface area contributed by atoms with Crippen molar-refractivity contribution < 1.29 is 0 Å². The Balaban J connectivity index is 2.01. The number of aryl methyl sites for hydroxylation is 2. The van der Waals surface area contributed by atoms with Crippen molar-refractivity contribution >= 4 is 0 Å². The molecule has 0 aromatic heterocycles. The smallest absolute Gasteiger partial charge is 0.0236 e. The van der Waals surface area contributed by atoms with Crippen LogP contribution in [0.1, 0.15) is 29.5 Å². The second-order valence-corrected chi connectivity index (χ2v) is 5.35. The van der Waals surface area contributed by atoms with E-state index in [1.165, 1.54) is 36.1 Å². The van der Waals surface area contributed by atoms with Crippen LogP contribution in [0.15, 0.2) is 18.2 Å². The van der Waals surface area contributed by atoms with E-state index >= 15 is 0 Å². The standard InChI is InChI=1S/C15H24N2/c1-12-6-7-13(2)14(9-12)11-17(3)15-5-4-8-16-10-15/h6-7,9,15-16H,4-5,8,10-11H2,1-3H3.